The summed E-state index contributed by atoms with van der Waals surface area (Å²) in [4.78, 5) is 21.4. The maximum absolute atomic E-state index is 12.8. The summed E-state index contributed by atoms with van der Waals surface area (Å²) < 4.78 is 18.0. The normalized spacial score (nSPS) is 19.0. The highest BCUT2D eigenvalue weighted by Crippen LogP contribution is 2.16. The number of alkyl carbamates (subject to hydrolysis) is 1. The number of carbonyl (C=O) groups is 1. The Morgan fingerprint density at radius 3 is 2.70 bits per heavy atom. The van der Waals surface area contributed by atoms with Crippen molar-refractivity contribution in [1.29, 1.82) is 0 Å². The van der Waals surface area contributed by atoms with Gasteiger partial charge in [-0.1, -0.05) is 0 Å². The fourth-order valence-electron chi connectivity index (χ4n) is 2.00. The molecule has 0 aliphatic carbocycles. The molecule has 0 saturated carbocycles. The number of anilines is 1. The van der Waals surface area contributed by atoms with Gasteiger partial charge in [0, 0.05) is 13.1 Å². The molecule has 0 radical (unpaired) electrons. The summed E-state index contributed by atoms with van der Waals surface area (Å²) in [5.41, 5.74) is -0.511. The van der Waals surface area contributed by atoms with Gasteiger partial charge in [0.2, 0.25) is 5.95 Å². The van der Waals surface area contributed by atoms with Crippen molar-refractivity contribution >= 4 is 12.0 Å². The molecule has 6 nitrogen and oxygen atoms in total. The zero-order valence-corrected chi connectivity index (χ0v) is 11.9. The van der Waals surface area contributed by atoms with Crippen molar-refractivity contribution in [2.24, 2.45) is 0 Å². The smallest absolute Gasteiger partial charge is 0.407 e. The van der Waals surface area contributed by atoms with Crippen LogP contribution in [0.15, 0.2) is 12.4 Å². The number of nitrogens with one attached hydrogen (secondary N) is 1. The molecule has 20 heavy (non-hydrogen) atoms. The number of rotatable bonds is 2. The molecule has 1 unspecified atom stereocenters. The van der Waals surface area contributed by atoms with Gasteiger partial charge < -0.3 is 15.0 Å². The second kappa shape index (κ2) is 5.60. The van der Waals surface area contributed by atoms with E-state index in [2.05, 4.69) is 15.3 Å². The van der Waals surface area contributed by atoms with E-state index < -0.39 is 17.5 Å². The third-order valence-electron chi connectivity index (χ3n) is 2.80. The molecule has 1 aromatic rings. The molecule has 0 aromatic carbocycles. The monoisotopic (exact) mass is 282 g/mol. The van der Waals surface area contributed by atoms with Gasteiger partial charge in [-0.25, -0.2) is 19.2 Å². The van der Waals surface area contributed by atoms with Crippen LogP contribution in [-0.4, -0.2) is 40.8 Å². The van der Waals surface area contributed by atoms with E-state index in [1.165, 1.54) is 0 Å². The number of hydrogen-bond donors (Lipinski definition) is 1. The first-order valence-electron chi connectivity index (χ1n) is 6.55. The zero-order chi connectivity index (χ0) is 14.8. The van der Waals surface area contributed by atoms with Crippen LogP contribution in [0.1, 0.15) is 27.2 Å². The molecule has 1 aliphatic heterocycles. The van der Waals surface area contributed by atoms with Crippen LogP contribution in [-0.2, 0) is 4.74 Å². The minimum atomic E-state index is -0.511. The minimum Gasteiger partial charge on any atom is -0.444 e. The summed E-state index contributed by atoms with van der Waals surface area (Å²) in [6, 6.07) is -0.0153. The molecule has 1 fully saturated rings. The molecule has 1 saturated heterocycles. The lowest BCUT2D eigenvalue weighted by Gasteiger charge is -2.22. The van der Waals surface area contributed by atoms with E-state index in [1.807, 2.05) is 25.7 Å². The van der Waals surface area contributed by atoms with Gasteiger partial charge in [0.15, 0.2) is 5.82 Å². The van der Waals surface area contributed by atoms with Gasteiger partial charge >= 0.3 is 6.09 Å². The highest BCUT2D eigenvalue weighted by Gasteiger charge is 2.27. The number of carbonyl (C=O) groups excluding carboxylic acids is 1. The first kappa shape index (κ1) is 14.5. The van der Waals surface area contributed by atoms with Gasteiger partial charge in [-0.15, -0.1) is 0 Å². The Morgan fingerprint density at radius 1 is 1.45 bits per heavy atom. The number of ether oxygens (including phenoxy) is 1. The van der Waals surface area contributed by atoms with Crippen LogP contribution in [0, 0.1) is 5.82 Å². The van der Waals surface area contributed by atoms with Gasteiger partial charge in [-0.3, -0.25) is 0 Å². The molecule has 2 rings (SSSR count). The van der Waals surface area contributed by atoms with Crippen LogP contribution in [0.2, 0.25) is 0 Å². The largest absolute Gasteiger partial charge is 0.444 e. The maximum atomic E-state index is 12.8. The van der Waals surface area contributed by atoms with Crippen LogP contribution >= 0.6 is 0 Å². The third-order valence-corrected chi connectivity index (χ3v) is 2.80. The van der Waals surface area contributed by atoms with Crippen molar-refractivity contribution < 1.29 is 13.9 Å². The first-order valence-corrected chi connectivity index (χ1v) is 6.55. The summed E-state index contributed by atoms with van der Waals surface area (Å²) in [6.07, 6.45) is 2.62. The van der Waals surface area contributed by atoms with E-state index in [-0.39, 0.29) is 6.04 Å². The zero-order valence-electron chi connectivity index (χ0n) is 11.9. The third kappa shape index (κ3) is 4.04. The Bertz CT molecular complexity index is 472. The van der Waals surface area contributed by atoms with Crippen LogP contribution < -0.4 is 10.2 Å². The fraction of sp³-hybridized carbons (Fsp3) is 0.615. The predicted octanol–water partition coefficient (Wildman–Crippen LogP) is 1.72. The Balaban J connectivity index is 1.86. The predicted molar refractivity (Wildman–Crippen MR) is 72.0 cm³/mol. The Hall–Kier alpha value is -1.92. The lowest BCUT2D eigenvalue weighted by Crippen LogP contribution is -2.40. The van der Waals surface area contributed by atoms with E-state index in [4.69, 9.17) is 4.74 Å². The quantitative estimate of drug-likeness (QED) is 0.894. The van der Waals surface area contributed by atoms with E-state index >= 15 is 0 Å². The molecule has 2 heterocycles. The molecular weight excluding hydrogens is 263 g/mol. The number of amides is 1. The highest BCUT2D eigenvalue weighted by molar-refractivity contribution is 5.68. The van der Waals surface area contributed by atoms with E-state index in [0.717, 1.165) is 18.8 Å². The maximum Gasteiger partial charge on any atom is 0.407 e. The molecule has 7 heteroatoms. The molecular formula is C13H19FN4O2. The van der Waals surface area contributed by atoms with Gasteiger partial charge in [0.05, 0.1) is 18.4 Å². The van der Waals surface area contributed by atoms with Crippen molar-refractivity contribution in [1.82, 2.24) is 15.3 Å². The molecule has 0 bridgehead atoms. The fourth-order valence-corrected chi connectivity index (χ4v) is 2.00. The molecule has 1 amide bonds. The van der Waals surface area contributed by atoms with Crippen molar-refractivity contribution in [3.05, 3.63) is 18.2 Å². The average molecular weight is 282 g/mol. The molecule has 110 valence electrons. The number of halogens is 1. The second-order valence-corrected chi connectivity index (χ2v) is 5.78. The summed E-state index contributed by atoms with van der Waals surface area (Å²) in [5.74, 6) is 0.0104. The molecule has 1 aliphatic rings. The summed E-state index contributed by atoms with van der Waals surface area (Å²) >= 11 is 0. The Morgan fingerprint density at radius 2 is 2.10 bits per heavy atom. The van der Waals surface area contributed by atoms with Gasteiger partial charge in [0.1, 0.15) is 5.60 Å². The van der Waals surface area contributed by atoms with Gasteiger partial charge in [-0.05, 0) is 27.2 Å². The number of aromatic nitrogens is 2. The minimum absolute atomic E-state index is 0.0153. The standard InChI is InChI=1S/C13H19FN4O2/c1-13(2,3)20-12(19)17-10-4-5-18(8-10)11-15-6-9(14)7-16-11/h6-7,10H,4-5,8H2,1-3H3,(H,17,19). The average Bonchev–Trinajstić information content (AvgIpc) is 2.75. The second-order valence-electron chi connectivity index (χ2n) is 5.78. The van der Waals surface area contributed by atoms with Crippen molar-refractivity contribution in [2.75, 3.05) is 18.0 Å². The first-order chi connectivity index (χ1) is 9.33. The number of hydrogen-bond acceptors (Lipinski definition) is 5. The summed E-state index contributed by atoms with van der Waals surface area (Å²) in [6.45, 7) is 6.76. The van der Waals surface area contributed by atoms with Crippen LogP contribution in [0.5, 0.6) is 0 Å². The van der Waals surface area contributed by atoms with E-state index in [9.17, 15) is 9.18 Å². The van der Waals surface area contributed by atoms with E-state index in [0.29, 0.717) is 19.0 Å². The molecule has 1 N–H and O–H groups in total. The van der Waals surface area contributed by atoms with Gasteiger partial charge in [-0.2, -0.15) is 0 Å². The Kier molecular flexibility index (Phi) is 4.06. The van der Waals surface area contributed by atoms with Gasteiger partial charge in [0.25, 0.3) is 0 Å². The highest BCUT2D eigenvalue weighted by atomic mass is 19.1. The number of nitrogens with zero attached hydrogens (tertiary/aromatic N) is 3. The molecule has 1 atom stereocenters. The molecule has 0 spiro atoms. The molecule has 1 aromatic heterocycles. The lowest BCUT2D eigenvalue weighted by molar-refractivity contribution is 0.0509. The van der Waals surface area contributed by atoms with Crippen molar-refractivity contribution in [2.45, 2.75) is 38.8 Å². The van der Waals surface area contributed by atoms with Crippen LogP contribution in [0.25, 0.3) is 0 Å². The summed E-state index contributed by atoms with van der Waals surface area (Å²) in [7, 11) is 0. The lowest BCUT2D eigenvalue weighted by atomic mass is 10.2. The van der Waals surface area contributed by atoms with Crippen molar-refractivity contribution in [3.63, 3.8) is 0 Å². The summed E-state index contributed by atoms with van der Waals surface area (Å²) in [5, 5.41) is 2.81. The Labute approximate surface area is 117 Å². The SMILES string of the molecule is CC(C)(C)OC(=O)NC1CCN(c2ncc(F)cn2)C1. The topological polar surface area (TPSA) is 67.3 Å². The van der Waals surface area contributed by atoms with Crippen LogP contribution in [0.4, 0.5) is 15.1 Å². The van der Waals surface area contributed by atoms with Crippen LogP contribution in [0.3, 0.4) is 0 Å². The van der Waals surface area contributed by atoms with E-state index in [1.54, 1.807) is 0 Å². The van der Waals surface area contributed by atoms with Crippen molar-refractivity contribution in [3.8, 4) is 0 Å².